The first-order chi connectivity index (χ1) is 8.25. The Morgan fingerprint density at radius 3 is 2.56 bits per heavy atom. The molecule has 0 amide bonds. The summed E-state index contributed by atoms with van der Waals surface area (Å²) in [6, 6.07) is 3.96. The molecule has 1 aromatic carbocycles. The number of rotatable bonds is 5. The molecule has 0 heterocycles. The number of benzene rings is 1. The van der Waals surface area contributed by atoms with E-state index in [0.29, 0.717) is 0 Å². The Balaban J connectivity index is 3.31. The minimum absolute atomic E-state index is 0.250. The molecule has 98 valence electrons. The van der Waals surface area contributed by atoms with Crippen LogP contribution in [-0.2, 0) is 14.8 Å². The van der Waals surface area contributed by atoms with E-state index in [-0.39, 0.29) is 11.3 Å². The topological polar surface area (TPSA) is 106 Å². The number of Topliss-reactive ketones (excluding diaryl/α,β-unsaturated/α-hetero) is 1. The number of carbonyl (C=O) groups is 1. The fourth-order valence-corrected chi connectivity index (χ4v) is 2.85. The van der Waals surface area contributed by atoms with Gasteiger partial charge in [-0.3, -0.25) is 14.9 Å². The van der Waals surface area contributed by atoms with Crippen LogP contribution in [0.4, 0.5) is 5.69 Å². The van der Waals surface area contributed by atoms with Gasteiger partial charge in [0, 0.05) is 6.07 Å². The summed E-state index contributed by atoms with van der Waals surface area (Å²) >= 11 is 0. The molecule has 0 saturated heterocycles. The molecule has 1 N–H and O–H groups in total. The van der Waals surface area contributed by atoms with Crippen molar-refractivity contribution >= 4 is 21.5 Å². The number of nitrogens with one attached hydrogen (secondary N) is 1. The first kappa shape index (κ1) is 14.3. The summed E-state index contributed by atoms with van der Waals surface area (Å²) in [7, 11) is -4.07. The summed E-state index contributed by atoms with van der Waals surface area (Å²) in [5.41, 5.74) is -0.258. The fraction of sp³-hybridized carbons (Fsp3) is 0.300. The molecule has 0 spiro atoms. The molecule has 8 heteroatoms. The zero-order valence-electron chi connectivity index (χ0n) is 9.84. The van der Waals surface area contributed by atoms with Gasteiger partial charge >= 0.3 is 0 Å². The second-order valence-electron chi connectivity index (χ2n) is 3.71. The van der Waals surface area contributed by atoms with Gasteiger partial charge in [-0.15, -0.1) is 0 Å². The molecule has 0 radical (unpaired) electrons. The normalized spacial score (nSPS) is 11.2. The zero-order chi connectivity index (χ0) is 13.9. The highest BCUT2D eigenvalue weighted by atomic mass is 32.2. The van der Waals surface area contributed by atoms with Crippen molar-refractivity contribution in [2.24, 2.45) is 0 Å². The molecule has 7 nitrogen and oxygen atoms in total. The summed E-state index contributed by atoms with van der Waals surface area (Å²) in [6.45, 7) is 2.28. The van der Waals surface area contributed by atoms with Gasteiger partial charge in [-0.25, -0.2) is 13.1 Å². The van der Waals surface area contributed by atoms with Gasteiger partial charge in [0.2, 0.25) is 10.0 Å². The minimum Gasteiger partial charge on any atom is -0.299 e. The number of sulfonamides is 1. The Labute approximate surface area is 104 Å². The highest BCUT2D eigenvalue weighted by Crippen LogP contribution is 2.26. The van der Waals surface area contributed by atoms with Crippen LogP contribution < -0.4 is 4.72 Å². The van der Waals surface area contributed by atoms with Gasteiger partial charge < -0.3 is 0 Å². The molecule has 0 unspecified atom stereocenters. The van der Waals surface area contributed by atoms with Crippen molar-refractivity contribution in [3.05, 3.63) is 33.9 Å². The zero-order valence-corrected chi connectivity index (χ0v) is 10.7. The molecule has 0 fully saturated rings. The number of hydrogen-bond acceptors (Lipinski definition) is 5. The van der Waals surface area contributed by atoms with E-state index in [4.69, 9.17) is 0 Å². The third-order valence-electron chi connectivity index (χ3n) is 2.17. The summed E-state index contributed by atoms with van der Waals surface area (Å²) in [6.07, 6.45) is 0. The number of carbonyl (C=O) groups excluding carboxylic acids is 1. The molecular weight excluding hydrogens is 260 g/mol. The van der Waals surface area contributed by atoms with Gasteiger partial charge in [-0.05, 0) is 19.4 Å². The Bertz CT molecular complexity index is 594. The predicted molar refractivity (Wildman–Crippen MR) is 63.7 cm³/mol. The van der Waals surface area contributed by atoms with Crippen LogP contribution in [0.2, 0.25) is 0 Å². The third kappa shape index (κ3) is 3.11. The Morgan fingerprint density at radius 2 is 2.06 bits per heavy atom. The monoisotopic (exact) mass is 272 g/mol. The maximum absolute atomic E-state index is 11.9. The second kappa shape index (κ2) is 5.23. The number of nitro benzene ring substituents is 1. The van der Waals surface area contributed by atoms with Crippen molar-refractivity contribution in [2.75, 3.05) is 6.54 Å². The maximum Gasteiger partial charge on any atom is 0.289 e. The number of nitrogens with zero attached hydrogens (tertiary/aromatic N) is 1. The Hall–Kier alpha value is -1.80. The smallest absolute Gasteiger partial charge is 0.289 e. The summed E-state index contributed by atoms with van der Waals surface area (Å²) in [5, 5.41) is 10.8. The first-order valence-corrected chi connectivity index (χ1v) is 6.47. The molecule has 18 heavy (non-hydrogen) atoms. The van der Waals surface area contributed by atoms with Crippen LogP contribution in [-0.4, -0.2) is 25.7 Å². The number of ketones is 1. The standard InChI is InChI=1S/C10H12N2O5S/c1-7-4-3-5-9(12(14)15)10(7)18(16,17)11-6-8(2)13/h3-5,11H,6H2,1-2H3. The predicted octanol–water partition coefficient (Wildman–Crippen LogP) is 0.771. The largest absolute Gasteiger partial charge is 0.299 e. The molecule has 0 aliphatic heterocycles. The first-order valence-electron chi connectivity index (χ1n) is 4.99. The quantitative estimate of drug-likeness (QED) is 0.629. The lowest BCUT2D eigenvalue weighted by Gasteiger charge is -2.08. The highest BCUT2D eigenvalue weighted by Gasteiger charge is 2.27. The lowest BCUT2D eigenvalue weighted by Crippen LogP contribution is -2.29. The van der Waals surface area contributed by atoms with Crippen molar-refractivity contribution in [1.29, 1.82) is 0 Å². The molecule has 0 aliphatic carbocycles. The molecule has 0 saturated carbocycles. The van der Waals surface area contributed by atoms with Gasteiger partial charge in [-0.1, -0.05) is 12.1 Å². The van der Waals surface area contributed by atoms with Gasteiger partial charge in [0.15, 0.2) is 4.90 Å². The van der Waals surface area contributed by atoms with Crippen LogP contribution in [0.1, 0.15) is 12.5 Å². The van der Waals surface area contributed by atoms with Crippen molar-refractivity contribution in [3.63, 3.8) is 0 Å². The molecule has 1 rings (SSSR count). The third-order valence-corrected chi connectivity index (χ3v) is 3.76. The van der Waals surface area contributed by atoms with Gasteiger partial charge in [0.1, 0.15) is 5.78 Å². The molecule has 1 aromatic rings. The van der Waals surface area contributed by atoms with E-state index in [2.05, 4.69) is 0 Å². The van der Waals surface area contributed by atoms with Gasteiger partial charge in [-0.2, -0.15) is 0 Å². The minimum atomic E-state index is -4.07. The van der Waals surface area contributed by atoms with Gasteiger partial charge in [0.25, 0.3) is 5.69 Å². The molecule has 0 atom stereocenters. The lowest BCUT2D eigenvalue weighted by molar-refractivity contribution is -0.387. The van der Waals surface area contributed by atoms with Crippen LogP contribution >= 0.6 is 0 Å². The number of nitro groups is 1. The Kier molecular flexibility index (Phi) is 4.15. The van der Waals surface area contributed by atoms with Crippen LogP contribution in [0.25, 0.3) is 0 Å². The van der Waals surface area contributed by atoms with Crippen molar-refractivity contribution in [1.82, 2.24) is 4.72 Å². The molecular formula is C10H12N2O5S. The second-order valence-corrected chi connectivity index (χ2v) is 5.41. The number of aryl methyl sites for hydroxylation is 1. The maximum atomic E-state index is 11.9. The van der Waals surface area contributed by atoms with Crippen molar-refractivity contribution in [3.8, 4) is 0 Å². The van der Waals surface area contributed by atoms with Crippen LogP contribution in [0.15, 0.2) is 23.1 Å². The van der Waals surface area contributed by atoms with E-state index >= 15 is 0 Å². The SMILES string of the molecule is CC(=O)CNS(=O)(=O)c1c(C)cccc1[N+](=O)[O-]. The van der Waals surface area contributed by atoms with E-state index in [1.54, 1.807) is 0 Å². The van der Waals surface area contributed by atoms with E-state index in [0.717, 1.165) is 6.07 Å². The fourth-order valence-electron chi connectivity index (χ4n) is 1.40. The average Bonchev–Trinajstić information content (AvgIpc) is 2.25. The highest BCUT2D eigenvalue weighted by molar-refractivity contribution is 7.89. The molecule has 0 aromatic heterocycles. The average molecular weight is 272 g/mol. The Morgan fingerprint density at radius 1 is 1.44 bits per heavy atom. The van der Waals surface area contributed by atoms with E-state index < -0.39 is 32.1 Å². The summed E-state index contributed by atoms with van der Waals surface area (Å²) in [4.78, 5) is 20.4. The van der Waals surface area contributed by atoms with E-state index in [1.165, 1.54) is 26.0 Å². The van der Waals surface area contributed by atoms with Crippen LogP contribution in [0.5, 0.6) is 0 Å². The van der Waals surface area contributed by atoms with Crippen LogP contribution in [0, 0.1) is 17.0 Å². The lowest BCUT2D eigenvalue weighted by atomic mass is 10.2. The van der Waals surface area contributed by atoms with Crippen molar-refractivity contribution in [2.45, 2.75) is 18.7 Å². The van der Waals surface area contributed by atoms with Crippen molar-refractivity contribution < 1.29 is 18.1 Å². The van der Waals surface area contributed by atoms with Gasteiger partial charge in [0.05, 0.1) is 11.5 Å². The molecule has 0 aliphatic rings. The van der Waals surface area contributed by atoms with Crippen LogP contribution in [0.3, 0.4) is 0 Å². The van der Waals surface area contributed by atoms with E-state index in [9.17, 15) is 23.3 Å². The summed E-state index contributed by atoms with van der Waals surface area (Å²) < 4.78 is 25.9. The van der Waals surface area contributed by atoms with E-state index in [1.807, 2.05) is 4.72 Å². The molecule has 0 bridgehead atoms. The summed E-state index contributed by atoms with van der Waals surface area (Å²) in [5.74, 6) is -0.380. The number of hydrogen-bond donors (Lipinski definition) is 1.